The number of aliphatic imine (C=N–C) groups is 1. The molecule has 7 rings (SSSR count). The van der Waals surface area contributed by atoms with Crippen molar-refractivity contribution in [2.24, 2.45) is 4.99 Å². The molecular formula is C34H20Cl3F2N7O5. The van der Waals surface area contributed by atoms with Gasteiger partial charge in [-0.2, -0.15) is 0 Å². The second kappa shape index (κ2) is 14.6. The highest BCUT2D eigenvalue weighted by Crippen LogP contribution is 2.28. The minimum Gasteiger partial charge on any atom is -0.475 e. The lowest BCUT2D eigenvalue weighted by Crippen LogP contribution is -2.12. The van der Waals surface area contributed by atoms with Crippen LogP contribution in [0.3, 0.4) is 0 Å². The zero-order valence-electron chi connectivity index (χ0n) is 25.6. The van der Waals surface area contributed by atoms with Crippen LogP contribution in [0, 0.1) is 11.6 Å². The van der Waals surface area contributed by atoms with Crippen molar-refractivity contribution in [2.45, 2.75) is 12.4 Å². The first-order chi connectivity index (χ1) is 24.5. The van der Waals surface area contributed by atoms with Gasteiger partial charge in [-0.3, -0.25) is 9.79 Å². The molecule has 0 unspecified atom stereocenters. The maximum absolute atomic E-state index is 14.3. The maximum atomic E-state index is 14.3. The molecule has 3 heterocycles. The van der Waals surface area contributed by atoms with Gasteiger partial charge in [0.2, 0.25) is 0 Å². The number of rotatable bonds is 7. The summed E-state index contributed by atoms with van der Waals surface area (Å²) < 4.78 is 30.9. The Kier molecular flexibility index (Phi) is 10.0. The molecule has 1 aliphatic rings. The molecule has 0 radical (unpaired) electrons. The first kappa shape index (κ1) is 35.0. The molecule has 51 heavy (non-hydrogen) atoms. The van der Waals surface area contributed by atoms with Gasteiger partial charge in [-0.05, 0) is 60.7 Å². The molecule has 12 nitrogen and oxygen atoms in total. The lowest BCUT2D eigenvalue weighted by Gasteiger charge is -2.11. The van der Waals surface area contributed by atoms with Gasteiger partial charge in [0, 0.05) is 26.7 Å². The van der Waals surface area contributed by atoms with Gasteiger partial charge >= 0.3 is 11.9 Å². The Morgan fingerprint density at radius 1 is 0.706 bits per heavy atom. The second-order valence-electron chi connectivity index (χ2n) is 10.5. The summed E-state index contributed by atoms with van der Waals surface area (Å²) in [7, 11) is 0. The Labute approximate surface area is 301 Å². The SMILES string of the molecule is O=C(O)c1nc(CCl)n(-c2ccc(Cl)cc2C(=O)c2ccccc2F)n1.O=C(O)c1nc2n(n1)-c1ccc(Cl)cc1C(c1ccccc1F)=NC2. The van der Waals surface area contributed by atoms with Gasteiger partial charge in [0.15, 0.2) is 11.6 Å². The van der Waals surface area contributed by atoms with Crippen LogP contribution in [0.2, 0.25) is 10.0 Å². The van der Waals surface area contributed by atoms with Crippen LogP contribution in [-0.2, 0) is 12.4 Å². The van der Waals surface area contributed by atoms with Crippen LogP contribution in [0.15, 0.2) is 89.9 Å². The van der Waals surface area contributed by atoms with Crippen LogP contribution in [-0.4, -0.2) is 63.2 Å². The van der Waals surface area contributed by atoms with Crippen LogP contribution in [0.5, 0.6) is 0 Å². The summed E-state index contributed by atoms with van der Waals surface area (Å²) in [6, 6.07) is 21.1. The van der Waals surface area contributed by atoms with Gasteiger partial charge < -0.3 is 10.2 Å². The van der Waals surface area contributed by atoms with Crippen molar-refractivity contribution in [3.63, 3.8) is 0 Å². The van der Waals surface area contributed by atoms with E-state index in [1.807, 2.05) is 0 Å². The molecule has 0 amide bonds. The monoisotopic (exact) mass is 749 g/mol. The summed E-state index contributed by atoms with van der Waals surface area (Å²) in [5, 5.41) is 26.8. The molecule has 0 spiro atoms. The van der Waals surface area contributed by atoms with Gasteiger partial charge in [-0.25, -0.2) is 37.7 Å². The van der Waals surface area contributed by atoms with Gasteiger partial charge in [0.1, 0.15) is 17.5 Å². The Hall–Kier alpha value is -5.83. The molecule has 0 bridgehead atoms. The van der Waals surface area contributed by atoms with Gasteiger partial charge in [-0.15, -0.1) is 21.8 Å². The summed E-state index contributed by atoms with van der Waals surface area (Å²) >= 11 is 17.9. The summed E-state index contributed by atoms with van der Waals surface area (Å²) in [6.45, 7) is 0.0657. The van der Waals surface area contributed by atoms with Gasteiger partial charge in [-0.1, -0.05) is 47.5 Å². The number of nitrogens with zero attached hydrogens (tertiary/aromatic N) is 7. The predicted molar refractivity (Wildman–Crippen MR) is 182 cm³/mol. The first-order valence-electron chi connectivity index (χ1n) is 14.6. The lowest BCUT2D eigenvalue weighted by molar-refractivity contribution is 0.0673. The lowest BCUT2D eigenvalue weighted by atomic mass is 10.00. The molecule has 2 aromatic heterocycles. The number of ketones is 1. The quantitative estimate of drug-likeness (QED) is 0.131. The number of aromatic nitrogens is 6. The van der Waals surface area contributed by atoms with Crippen molar-refractivity contribution < 1.29 is 33.4 Å². The topological polar surface area (TPSA) is 165 Å². The summed E-state index contributed by atoms with van der Waals surface area (Å²) in [6.07, 6.45) is 0. The number of halogens is 5. The van der Waals surface area contributed by atoms with Crippen LogP contribution < -0.4 is 0 Å². The van der Waals surface area contributed by atoms with Crippen molar-refractivity contribution in [1.29, 1.82) is 0 Å². The molecule has 2 N–H and O–H groups in total. The molecule has 0 aliphatic carbocycles. The Morgan fingerprint density at radius 2 is 1.31 bits per heavy atom. The van der Waals surface area contributed by atoms with Crippen molar-refractivity contribution in [1.82, 2.24) is 29.5 Å². The standard InChI is InChI=1S/C17H10Cl2FN3O3.C17H10ClFN4O2/c18-8-14-21-16(17(25)26)22-23(14)13-6-5-9(19)7-11(13)15(24)10-3-1-2-4-12(10)20;18-9-5-6-13-11(7-9)15(10-3-1-2-4-12(10)19)20-8-14-21-16(17(24)25)22-23(13)14/h1-7H,8H2,(H,25,26);1-7H,8H2,(H,24,25). The average Bonchev–Trinajstić information content (AvgIpc) is 3.72. The summed E-state index contributed by atoms with van der Waals surface area (Å²) in [5.74, 6) is -4.76. The van der Waals surface area contributed by atoms with E-state index in [2.05, 4.69) is 25.2 Å². The Balaban J connectivity index is 0.000000176. The van der Waals surface area contributed by atoms with Crippen LogP contribution in [0.25, 0.3) is 11.4 Å². The van der Waals surface area contributed by atoms with E-state index < -0.39 is 35.2 Å². The molecule has 17 heteroatoms. The van der Waals surface area contributed by atoms with E-state index in [-0.39, 0.29) is 45.9 Å². The minimum atomic E-state index is -1.34. The van der Waals surface area contributed by atoms with Crippen molar-refractivity contribution in [3.05, 3.63) is 152 Å². The first-order valence-corrected chi connectivity index (χ1v) is 15.9. The Bertz CT molecular complexity index is 2400. The van der Waals surface area contributed by atoms with E-state index in [1.54, 1.807) is 36.4 Å². The normalized spacial score (nSPS) is 11.7. The van der Waals surface area contributed by atoms with Crippen LogP contribution >= 0.6 is 34.8 Å². The number of hydrogen-bond donors (Lipinski definition) is 2. The van der Waals surface area contributed by atoms with E-state index in [9.17, 15) is 23.2 Å². The Morgan fingerprint density at radius 3 is 1.98 bits per heavy atom. The fourth-order valence-electron chi connectivity index (χ4n) is 5.11. The molecule has 6 aromatic rings. The average molecular weight is 751 g/mol. The zero-order chi connectivity index (χ0) is 36.4. The third kappa shape index (κ3) is 7.10. The highest BCUT2D eigenvalue weighted by Gasteiger charge is 2.26. The van der Waals surface area contributed by atoms with Gasteiger partial charge in [0.25, 0.3) is 11.6 Å². The highest BCUT2D eigenvalue weighted by molar-refractivity contribution is 6.32. The van der Waals surface area contributed by atoms with Crippen molar-refractivity contribution in [2.75, 3.05) is 0 Å². The number of carbonyl (C=O) groups excluding carboxylic acids is 1. The fourth-order valence-corrected chi connectivity index (χ4v) is 5.63. The number of carboxylic acid groups (broad SMARTS) is 2. The molecule has 4 aromatic carbocycles. The largest absolute Gasteiger partial charge is 0.475 e. The molecule has 0 saturated carbocycles. The maximum Gasteiger partial charge on any atom is 0.375 e. The van der Waals surface area contributed by atoms with Crippen molar-refractivity contribution in [3.8, 4) is 11.4 Å². The molecular weight excluding hydrogens is 731 g/mol. The zero-order valence-corrected chi connectivity index (χ0v) is 27.9. The minimum absolute atomic E-state index is 0.0378. The summed E-state index contributed by atoms with van der Waals surface area (Å²) in [5.41, 5.74) is 1.92. The van der Waals surface area contributed by atoms with Crippen LogP contribution in [0.1, 0.15) is 59.9 Å². The predicted octanol–water partition coefficient (Wildman–Crippen LogP) is 6.84. The van der Waals surface area contributed by atoms with E-state index in [1.165, 1.54) is 53.2 Å². The van der Waals surface area contributed by atoms with Gasteiger partial charge in [0.05, 0.1) is 35.1 Å². The highest BCUT2D eigenvalue weighted by atomic mass is 35.5. The second-order valence-corrected chi connectivity index (χ2v) is 11.7. The van der Waals surface area contributed by atoms with E-state index in [0.717, 1.165) is 4.68 Å². The molecule has 256 valence electrons. The number of aromatic carboxylic acids is 2. The van der Waals surface area contributed by atoms with E-state index in [0.29, 0.717) is 33.4 Å². The number of benzene rings is 4. The third-order valence-electron chi connectivity index (χ3n) is 7.35. The van der Waals surface area contributed by atoms with E-state index >= 15 is 0 Å². The van der Waals surface area contributed by atoms with Crippen molar-refractivity contribution >= 4 is 58.2 Å². The molecule has 1 aliphatic heterocycles. The van der Waals surface area contributed by atoms with E-state index in [4.69, 9.17) is 45.0 Å². The number of hydrogen-bond acceptors (Lipinski definition) is 8. The number of carbonyl (C=O) groups is 3. The van der Waals surface area contributed by atoms with Crippen LogP contribution in [0.4, 0.5) is 8.78 Å². The molecule has 0 fully saturated rings. The number of alkyl halides is 1. The number of carboxylic acids is 2. The summed E-state index contributed by atoms with van der Waals surface area (Å²) in [4.78, 5) is 47.4. The number of fused-ring (bicyclic) bond motifs is 3. The fraction of sp³-hybridized carbons (Fsp3) is 0.0588. The molecule has 0 atom stereocenters. The molecule has 0 saturated heterocycles. The smallest absolute Gasteiger partial charge is 0.375 e. The third-order valence-corrected chi connectivity index (χ3v) is 8.06.